The van der Waals surface area contributed by atoms with Crippen molar-refractivity contribution in [2.75, 3.05) is 18.6 Å². The Balaban J connectivity index is 1.88. The summed E-state index contributed by atoms with van der Waals surface area (Å²) >= 11 is 0. The van der Waals surface area contributed by atoms with Crippen molar-refractivity contribution in [3.8, 4) is 11.5 Å². The number of aldehydes is 1. The molecule has 3 aromatic carbocycles. The van der Waals surface area contributed by atoms with E-state index in [-0.39, 0.29) is 18.3 Å². The van der Waals surface area contributed by atoms with Crippen LogP contribution in [0.1, 0.15) is 10.4 Å². The van der Waals surface area contributed by atoms with E-state index in [0.717, 1.165) is 11.4 Å². The van der Waals surface area contributed by atoms with Gasteiger partial charge in [-0.1, -0.05) is 42.5 Å². The van der Waals surface area contributed by atoms with Gasteiger partial charge in [0.05, 0.1) is 12.7 Å². The van der Waals surface area contributed by atoms with Crippen molar-refractivity contribution in [3.05, 3.63) is 84.4 Å². The van der Waals surface area contributed by atoms with Gasteiger partial charge in [0.15, 0.2) is 24.4 Å². The number of benzene rings is 3. The molecular weight excluding hydrogens is 342 g/mol. The van der Waals surface area contributed by atoms with E-state index in [0.29, 0.717) is 17.6 Å². The van der Waals surface area contributed by atoms with Crippen molar-refractivity contribution in [2.45, 2.75) is 0 Å². The molecule has 0 fully saturated rings. The summed E-state index contributed by atoms with van der Waals surface area (Å²) in [7, 11) is 1.48. The van der Waals surface area contributed by atoms with Crippen LogP contribution in [-0.4, -0.2) is 25.9 Å². The highest BCUT2D eigenvalue weighted by molar-refractivity contribution is 6.01. The van der Waals surface area contributed by atoms with E-state index in [1.807, 2.05) is 60.7 Å². The molecule has 0 aromatic heterocycles. The van der Waals surface area contributed by atoms with Crippen molar-refractivity contribution < 1.29 is 19.1 Å². The van der Waals surface area contributed by atoms with Crippen LogP contribution in [-0.2, 0) is 4.79 Å². The quantitative estimate of drug-likeness (QED) is 0.590. The van der Waals surface area contributed by atoms with Gasteiger partial charge in [-0.25, -0.2) is 0 Å². The van der Waals surface area contributed by atoms with Gasteiger partial charge in [-0.3, -0.25) is 14.5 Å². The number of methoxy groups -OCH3 is 1. The SMILES string of the molecule is COc1cccc(C=O)c1OCC(=O)N(c1ccccc1)c1ccccc1. The average molecular weight is 361 g/mol. The molecule has 3 aromatic rings. The lowest BCUT2D eigenvalue weighted by atomic mass is 10.2. The molecule has 27 heavy (non-hydrogen) atoms. The second-order valence-electron chi connectivity index (χ2n) is 5.69. The molecule has 0 aliphatic rings. The predicted octanol–water partition coefficient (Wildman–Crippen LogP) is 4.25. The molecule has 5 heteroatoms. The van der Waals surface area contributed by atoms with Crippen molar-refractivity contribution in [3.63, 3.8) is 0 Å². The minimum atomic E-state index is -0.268. The Kier molecular flexibility index (Phi) is 5.84. The van der Waals surface area contributed by atoms with Crippen LogP contribution in [0.15, 0.2) is 78.9 Å². The Labute approximate surface area is 157 Å². The highest BCUT2D eigenvalue weighted by atomic mass is 16.5. The molecular formula is C22H19NO4. The standard InChI is InChI=1S/C22H19NO4/c1-26-20-14-8-9-17(15-24)22(20)27-16-21(25)23(18-10-4-2-5-11-18)19-12-6-3-7-13-19/h2-15H,16H2,1H3. The molecule has 0 N–H and O–H groups in total. The number of amides is 1. The summed E-state index contributed by atoms with van der Waals surface area (Å²) in [6, 6.07) is 23.6. The van der Waals surface area contributed by atoms with Crippen LogP contribution in [0.2, 0.25) is 0 Å². The first kappa shape index (κ1) is 18.2. The number of carbonyl (C=O) groups excluding carboxylic acids is 2. The smallest absolute Gasteiger partial charge is 0.269 e. The van der Waals surface area contributed by atoms with Gasteiger partial charge < -0.3 is 9.47 Å². The van der Waals surface area contributed by atoms with Gasteiger partial charge in [-0.05, 0) is 36.4 Å². The molecule has 0 saturated heterocycles. The maximum atomic E-state index is 13.0. The number of rotatable bonds is 7. The van der Waals surface area contributed by atoms with Gasteiger partial charge in [0, 0.05) is 11.4 Å². The molecule has 0 radical (unpaired) electrons. The summed E-state index contributed by atoms with van der Waals surface area (Å²) in [5, 5.41) is 0. The number of para-hydroxylation sites is 3. The first-order valence-electron chi connectivity index (χ1n) is 8.42. The number of hydrogen-bond acceptors (Lipinski definition) is 4. The Morgan fingerprint density at radius 1 is 0.889 bits per heavy atom. The topological polar surface area (TPSA) is 55.8 Å². The first-order chi connectivity index (χ1) is 13.2. The van der Waals surface area contributed by atoms with Gasteiger partial charge >= 0.3 is 0 Å². The fourth-order valence-electron chi connectivity index (χ4n) is 2.73. The van der Waals surface area contributed by atoms with Gasteiger partial charge in [0.1, 0.15) is 0 Å². The third kappa shape index (κ3) is 4.15. The van der Waals surface area contributed by atoms with Gasteiger partial charge in [-0.15, -0.1) is 0 Å². The summed E-state index contributed by atoms with van der Waals surface area (Å²) in [5.74, 6) is 0.387. The van der Waals surface area contributed by atoms with Crippen LogP contribution in [0.4, 0.5) is 11.4 Å². The van der Waals surface area contributed by atoms with Crippen molar-refractivity contribution >= 4 is 23.6 Å². The minimum Gasteiger partial charge on any atom is -0.493 e. The number of ether oxygens (including phenoxy) is 2. The number of hydrogen-bond donors (Lipinski definition) is 0. The molecule has 136 valence electrons. The lowest BCUT2D eigenvalue weighted by Gasteiger charge is -2.23. The number of carbonyl (C=O) groups is 2. The van der Waals surface area contributed by atoms with Crippen molar-refractivity contribution in [1.29, 1.82) is 0 Å². The summed E-state index contributed by atoms with van der Waals surface area (Å²) in [6.07, 6.45) is 0.675. The Morgan fingerprint density at radius 3 is 2.00 bits per heavy atom. The van der Waals surface area contributed by atoms with E-state index in [2.05, 4.69) is 0 Å². The van der Waals surface area contributed by atoms with E-state index in [1.54, 1.807) is 23.1 Å². The monoisotopic (exact) mass is 361 g/mol. The molecule has 3 rings (SSSR count). The zero-order chi connectivity index (χ0) is 19.1. The normalized spacial score (nSPS) is 10.1. The molecule has 0 heterocycles. The van der Waals surface area contributed by atoms with Crippen LogP contribution >= 0.6 is 0 Å². The summed E-state index contributed by atoms with van der Waals surface area (Å²) in [6.45, 7) is -0.245. The lowest BCUT2D eigenvalue weighted by Crippen LogP contribution is -2.31. The number of anilines is 2. The van der Waals surface area contributed by atoms with E-state index < -0.39 is 0 Å². The maximum absolute atomic E-state index is 13.0. The summed E-state index contributed by atoms with van der Waals surface area (Å²) < 4.78 is 10.9. The van der Waals surface area contributed by atoms with Gasteiger partial charge in [0.2, 0.25) is 0 Å². The van der Waals surface area contributed by atoms with Crippen LogP contribution in [0.25, 0.3) is 0 Å². The van der Waals surface area contributed by atoms with Crippen LogP contribution in [0.3, 0.4) is 0 Å². The molecule has 0 aliphatic heterocycles. The zero-order valence-corrected chi connectivity index (χ0v) is 14.9. The molecule has 0 spiro atoms. The average Bonchev–Trinajstić information content (AvgIpc) is 2.73. The largest absolute Gasteiger partial charge is 0.493 e. The maximum Gasteiger partial charge on any atom is 0.269 e. The Hall–Kier alpha value is -3.60. The van der Waals surface area contributed by atoms with Crippen molar-refractivity contribution in [1.82, 2.24) is 0 Å². The number of nitrogens with zero attached hydrogens (tertiary/aromatic N) is 1. The molecule has 1 amide bonds. The minimum absolute atomic E-state index is 0.245. The Morgan fingerprint density at radius 2 is 1.48 bits per heavy atom. The Bertz CT molecular complexity index is 871. The molecule has 0 bridgehead atoms. The van der Waals surface area contributed by atoms with E-state index in [1.165, 1.54) is 7.11 Å². The van der Waals surface area contributed by atoms with Crippen molar-refractivity contribution in [2.24, 2.45) is 0 Å². The van der Waals surface area contributed by atoms with Crippen LogP contribution in [0, 0.1) is 0 Å². The van der Waals surface area contributed by atoms with Crippen LogP contribution < -0.4 is 14.4 Å². The second-order valence-corrected chi connectivity index (χ2v) is 5.69. The van der Waals surface area contributed by atoms with Gasteiger partial charge in [-0.2, -0.15) is 0 Å². The van der Waals surface area contributed by atoms with E-state index >= 15 is 0 Å². The third-order valence-electron chi connectivity index (χ3n) is 3.97. The van der Waals surface area contributed by atoms with Crippen LogP contribution in [0.5, 0.6) is 11.5 Å². The molecule has 5 nitrogen and oxygen atoms in total. The van der Waals surface area contributed by atoms with E-state index in [4.69, 9.17) is 9.47 Å². The molecule has 0 atom stereocenters. The molecule has 0 saturated carbocycles. The highest BCUT2D eigenvalue weighted by Crippen LogP contribution is 2.31. The highest BCUT2D eigenvalue weighted by Gasteiger charge is 2.20. The molecule has 0 aliphatic carbocycles. The lowest BCUT2D eigenvalue weighted by molar-refractivity contribution is -0.119. The zero-order valence-electron chi connectivity index (χ0n) is 14.9. The first-order valence-corrected chi connectivity index (χ1v) is 8.42. The second kappa shape index (κ2) is 8.67. The van der Waals surface area contributed by atoms with Gasteiger partial charge in [0.25, 0.3) is 5.91 Å². The fraction of sp³-hybridized carbons (Fsp3) is 0.0909. The molecule has 0 unspecified atom stereocenters. The summed E-state index contributed by atoms with van der Waals surface area (Å²) in [5.41, 5.74) is 1.79. The van der Waals surface area contributed by atoms with E-state index in [9.17, 15) is 9.59 Å². The fourth-order valence-corrected chi connectivity index (χ4v) is 2.73. The summed E-state index contributed by atoms with van der Waals surface area (Å²) in [4.78, 5) is 25.9. The third-order valence-corrected chi connectivity index (χ3v) is 3.97. The predicted molar refractivity (Wildman–Crippen MR) is 104 cm³/mol.